The average Bonchev–Trinajstić information content (AvgIpc) is 3.25. The number of nitrogens with zero attached hydrogens (tertiary/aromatic N) is 3. The maximum absolute atomic E-state index is 12.5. The molecule has 1 saturated heterocycles. The minimum absolute atomic E-state index is 0.0773. The molecule has 8 heteroatoms. The summed E-state index contributed by atoms with van der Waals surface area (Å²) in [7, 11) is -3.07. The van der Waals surface area contributed by atoms with Crippen molar-refractivity contribution in [3.63, 3.8) is 0 Å². The van der Waals surface area contributed by atoms with Crippen LogP contribution in [0.2, 0.25) is 0 Å². The summed E-state index contributed by atoms with van der Waals surface area (Å²) in [4.78, 5) is 22.4. The van der Waals surface area contributed by atoms with E-state index in [-0.39, 0.29) is 23.6 Å². The second kappa shape index (κ2) is 5.83. The molecule has 120 valence electrons. The molecule has 2 heterocycles. The fraction of sp³-hybridized carbons (Fsp3) is 0.643. The van der Waals surface area contributed by atoms with Gasteiger partial charge in [-0.25, -0.2) is 23.2 Å². The first-order valence-corrected chi connectivity index (χ1v) is 9.34. The molecule has 0 radical (unpaired) electrons. The van der Waals surface area contributed by atoms with Gasteiger partial charge in [0.1, 0.15) is 11.6 Å². The zero-order valence-electron chi connectivity index (χ0n) is 12.5. The van der Waals surface area contributed by atoms with Crippen LogP contribution in [0.1, 0.15) is 25.1 Å². The van der Waals surface area contributed by atoms with Gasteiger partial charge in [0.2, 0.25) is 0 Å². The zero-order chi connectivity index (χ0) is 15.7. The van der Waals surface area contributed by atoms with Crippen molar-refractivity contribution in [2.24, 2.45) is 5.92 Å². The lowest BCUT2D eigenvalue weighted by molar-refractivity contribution is 0.187. The second-order valence-electron chi connectivity index (χ2n) is 5.99. The van der Waals surface area contributed by atoms with Crippen molar-refractivity contribution in [1.29, 1.82) is 0 Å². The molecule has 2 amide bonds. The highest BCUT2D eigenvalue weighted by atomic mass is 32.2. The fourth-order valence-electron chi connectivity index (χ4n) is 2.88. The topological polar surface area (TPSA) is 92.3 Å². The van der Waals surface area contributed by atoms with Crippen LogP contribution in [0, 0.1) is 12.8 Å². The highest BCUT2D eigenvalue weighted by molar-refractivity contribution is 7.91. The third kappa shape index (κ3) is 3.55. The highest BCUT2D eigenvalue weighted by Gasteiger charge is 2.41. The van der Waals surface area contributed by atoms with Crippen LogP contribution in [0.15, 0.2) is 12.3 Å². The Morgan fingerprint density at radius 2 is 2.18 bits per heavy atom. The van der Waals surface area contributed by atoms with E-state index >= 15 is 0 Å². The van der Waals surface area contributed by atoms with E-state index in [2.05, 4.69) is 15.3 Å². The van der Waals surface area contributed by atoms with Crippen LogP contribution in [-0.4, -0.2) is 53.4 Å². The van der Waals surface area contributed by atoms with Gasteiger partial charge < -0.3 is 4.90 Å². The minimum Gasteiger partial charge on any atom is -0.320 e. The Balaban J connectivity index is 1.77. The smallest absolute Gasteiger partial charge is 0.320 e. The molecule has 1 N–H and O–H groups in total. The van der Waals surface area contributed by atoms with Crippen LogP contribution >= 0.6 is 0 Å². The lowest BCUT2D eigenvalue weighted by Gasteiger charge is -2.29. The van der Waals surface area contributed by atoms with E-state index in [1.54, 1.807) is 24.1 Å². The third-order valence-corrected chi connectivity index (χ3v) is 5.88. The second-order valence-corrected chi connectivity index (χ2v) is 8.21. The van der Waals surface area contributed by atoms with E-state index in [1.165, 1.54) is 0 Å². The number of amides is 2. The van der Waals surface area contributed by atoms with Crippen LogP contribution in [0.25, 0.3) is 0 Å². The van der Waals surface area contributed by atoms with Gasteiger partial charge in [-0.15, -0.1) is 0 Å². The van der Waals surface area contributed by atoms with Crippen molar-refractivity contribution in [3.05, 3.63) is 18.1 Å². The number of hydrogen-bond acceptors (Lipinski definition) is 5. The molecule has 2 fully saturated rings. The Bertz CT molecular complexity index is 672. The number of nitrogens with one attached hydrogen (secondary N) is 1. The van der Waals surface area contributed by atoms with E-state index in [4.69, 9.17) is 0 Å². The first-order valence-electron chi connectivity index (χ1n) is 7.52. The molecular formula is C14H20N4O3S. The Hall–Kier alpha value is -1.70. The largest absolute Gasteiger partial charge is 0.323 e. The molecule has 1 aliphatic carbocycles. The molecule has 0 spiro atoms. The van der Waals surface area contributed by atoms with E-state index < -0.39 is 9.84 Å². The van der Waals surface area contributed by atoms with E-state index in [0.717, 1.165) is 12.8 Å². The van der Waals surface area contributed by atoms with Gasteiger partial charge in [0, 0.05) is 12.7 Å². The number of rotatable bonds is 2. The maximum Gasteiger partial charge on any atom is 0.323 e. The van der Waals surface area contributed by atoms with Gasteiger partial charge in [-0.05, 0) is 38.2 Å². The van der Waals surface area contributed by atoms with Crippen LogP contribution in [0.5, 0.6) is 0 Å². The van der Waals surface area contributed by atoms with Crippen molar-refractivity contribution in [1.82, 2.24) is 14.9 Å². The predicted octanol–water partition coefficient (Wildman–Crippen LogP) is 1.22. The number of carbonyl (C=O) groups is 1. The minimum atomic E-state index is -3.07. The standard InChI is InChI=1S/C14H20N4O3S/c1-10-15-6-5-13(16-10)17-14(19)18-7-2-8-22(20,21)9-12(18)11-3-4-11/h5-6,11-12H,2-4,7-9H2,1H3,(H,15,16,17,19). The molecule has 0 bridgehead atoms. The summed E-state index contributed by atoms with van der Waals surface area (Å²) in [5.74, 6) is 1.57. The first kappa shape index (κ1) is 15.2. The number of anilines is 1. The molecule has 1 saturated carbocycles. The number of aryl methyl sites for hydroxylation is 1. The molecule has 1 aromatic rings. The fourth-order valence-corrected chi connectivity index (χ4v) is 4.59. The summed E-state index contributed by atoms with van der Waals surface area (Å²) >= 11 is 0. The quantitative estimate of drug-likeness (QED) is 0.883. The first-order chi connectivity index (χ1) is 10.4. The predicted molar refractivity (Wildman–Crippen MR) is 82.3 cm³/mol. The molecule has 22 heavy (non-hydrogen) atoms. The molecule has 1 atom stereocenters. The molecule has 3 rings (SSSR count). The maximum atomic E-state index is 12.5. The third-order valence-electron chi connectivity index (χ3n) is 4.12. The Labute approximate surface area is 130 Å². The Morgan fingerprint density at radius 3 is 2.86 bits per heavy atom. The monoisotopic (exact) mass is 324 g/mol. The summed E-state index contributed by atoms with van der Waals surface area (Å²) in [6.07, 6.45) is 4.07. The van der Waals surface area contributed by atoms with Crippen molar-refractivity contribution in [3.8, 4) is 0 Å². The Morgan fingerprint density at radius 1 is 1.41 bits per heavy atom. The van der Waals surface area contributed by atoms with E-state index in [1.807, 2.05) is 0 Å². The molecule has 0 aromatic carbocycles. The number of hydrogen-bond donors (Lipinski definition) is 1. The summed E-state index contributed by atoms with van der Waals surface area (Å²) in [6, 6.07) is 1.15. The van der Waals surface area contributed by atoms with Crippen molar-refractivity contribution in [2.75, 3.05) is 23.4 Å². The molecule has 1 aliphatic heterocycles. The van der Waals surface area contributed by atoms with Crippen LogP contribution in [-0.2, 0) is 9.84 Å². The average molecular weight is 324 g/mol. The van der Waals surface area contributed by atoms with Crippen LogP contribution in [0.3, 0.4) is 0 Å². The van der Waals surface area contributed by atoms with Gasteiger partial charge in [-0.3, -0.25) is 5.32 Å². The molecule has 7 nitrogen and oxygen atoms in total. The summed E-state index contributed by atoms with van der Waals surface area (Å²) < 4.78 is 24.0. The summed E-state index contributed by atoms with van der Waals surface area (Å²) in [6.45, 7) is 2.22. The number of urea groups is 1. The van der Waals surface area contributed by atoms with Gasteiger partial charge in [-0.1, -0.05) is 0 Å². The molecule has 1 unspecified atom stereocenters. The molecule has 2 aliphatic rings. The molecular weight excluding hydrogens is 304 g/mol. The van der Waals surface area contributed by atoms with E-state index in [9.17, 15) is 13.2 Å². The number of aromatic nitrogens is 2. The van der Waals surface area contributed by atoms with Crippen molar-refractivity contribution >= 4 is 21.7 Å². The van der Waals surface area contributed by atoms with Gasteiger partial charge in [-0.2, -0.15) is 0 Å². The lowest BCUT2D eigenvalue weighted by Crippen LogP contribution is -2.46. The van der Waals surface area contributed by atoms with Crippen molar-refractivity contribution in [2.45, 2.75) is 32.2 Å². The normalized spacial score (nSPS) is 24.6. The summed E-state index contributed by atoms with van der Waals surface area (Å²) in [5.41, 5.74) is 0. The summed E-state index contributed by atoms with van der Waals surface area (Å²) in [5, 5.41) is 2.76. The Kier molecular flexibility index (Phi) is 4.03. The number of sulfone groups is 1. The van der Waals surface area contributed by atoms with Crippen molar-refractivity contribution < 1.29 is 13.2 Å². The van der Waals surface area contributed by atoms with Gasteiger partial charge in [0.15, 0.2) is 9.84 Å². The van der Waals surface area contributed by atoms with E-state index in [0.29, 0.717) is 30.5 Å². The number of carbonyl (C=O) groups excluding carboxylic acids is 1. The zero-order valence-corrected chi connectivity index (χ0v) is 13.3. The van der Waals surface area contributed by atoms with Crippen LogP contribution in [0.4, 0.5) is 10.6 Å². The molecule has 1 aromatic heterocycles. The van der Waals surface area contributed by atoms with Gasteiger partial charge in [0.05, 0.1) is 17.5 Å². The van der Waals surface area contributed by atoms with Gasteiger partial charge in [0.25, 0.3) is 0 Å². The van der Waals surface area contributed by atoms with Crippen LogP contribution < -0.4 is 5.32 Å². The highest BCUT2D eigenvalue weighted by Crippen LogP contribution is 2.37. The SMILES string of the molecule is Cc1nccc(NC(=O)N2CCCS(=O)(=O)CC2C2CC2)n1. The lowest BCUT2D eigenvalue weighted by atomic mass is 10.2. The van der Waals surface area contributed by atoms with Gasteiger partial charge >= 0.3 is 6.03 Å².